The summed E-state index contributed by atoms with van der Waals surface area (Å²) in [7, 11) is 0. The fourth-order valence-corrected chi connectivity index (χ4v) is 1.99. The van der Waals surface area contributed by atoms with Gasteiger partial charge in [0.2, 0.25) is 0 Å². The second-order valence-electron chi connectivity index (χ2n) is 4.66. The molecule has 6 nitrogen and oxygen atoms in total. The van der Waals surface area contributed by atoms with Crippen molar-refractivity contribution < 1.29 is 19.5 Å². The van der Waals surface area contributed by atoms with Crippen LogP contribution in [0.3, 0.4) is 0 Å². The van der Waals surface area contributed by atoms with Crippen molar-refractivity contribution in [2.24, 2.45) is 11.8 Å². The minimum Gasteiger partial charge on any atom is -0.479 e. The van der Waals surface area contributed by atoms with Crippen molar-refractivity contribution in [3.05, 3.63) is 0 Å². The number of aliphatic carboxylic acids is 1. The molecule has 98 valence electrons. The summed E-state index contributed by atoms with van der Waals surface area (Å²) in [5.41, 5.74) is 2.13. The lowest BCUT2D eigenvalue weighted by atomic mass is 9.87. The molecule has 0 radical (unpaired) electrons. The maximum absolute atomic E-state index is 11.6. The Labute approximate surface area is 101 Å². The maximum atomic E-state index is 11.6. The topological polar surface area (TPSA) is 78.9 Å². The smallest absolute Gasteiger partial charge is 0.341 e. The molecule has 0 aromatic carbocycles. The van der Waals surface area contributed by atoms with E-state index < -0.39 is 12.6 Å². The third-order valence-corrected chi connectivity index (χ3v) is 3.12. The number of piperidine rings is 1. The number of hydroxylamine groups is 1. The van der Waals surface area contributed by atoms with Crippen molar-refractivity contribution in [1.29, 1.82) is 0 Å². The number of urea groups is 1. The molecular formula is C11H20N2O4. The van der Waals surface area contributed by atoms with E-state index in [9.17, 15) is 9.59 Å². The zero-order chi connectivity index (χ0) is 12.8. The summed E-state index contributed by atoms with van der Waals surface area (Å²) in [6, 6.07) is -0.353. The Morgan fingerprint density at radius 3 is 2.47 bits per heavy atom. The fourth-order valence-electron chi connectivity index (χ4n) is 1.99. The lowest BCUT2D eigenvalue weighted by molar-refractivity contribution is -0.144. The van der Waals surface area contributed by atoms with Crippen LogP contribution in [0.4, 0.5) is 4.79 Å². The number of hydrogen-bond acceptors (Lipinski definition) is 3. The van der Waals surface area contributed by atoms with Crippen LogP contribution in [0.2, 0.25) is 0 Å². The highest BCUT2D eigenvalue weighted by atomic mass is 16.7. The predicted octanol–water partition coefficient (Wildman–Crippen LogP) is 1.08. The van der Waals surface area contributed by atoms with Crippen molar-refractivity contribution >= 4 is 12.0 Å². The van der Waals surface area contributed by atoms with Crippen molar-refractivity contribution in [2.75, 3.05) is 19.7 Å². The van der Waals surface area contributed by atoms with Gasteiger partial charge in [-0.2, -0.15) is 0 Å². The molecule has 1 heterocycles. The molecule has 0 aromatic heterocycles. The first-order valence-electron chi connectivity index (χ1n) is 5.89. The highest BCUT2D eigenvalue weighted by molar-refractivity contribution is 5.73. The van der Waals surface area contributed by atoms with Crippen LogP contribution in [-0.2, 0) is 9.63 Å². The summed E-state index contributed by atoms with van der Waals surface area (Å²) in [5, 5.41) is 8.34. The Bertz CT molecular complexity index is 273. The number of nitrogens with zero attached hydrogens (tertiary/aromatic N) is 1. The molecule has 6 heteroatoms. The summed E-state index contributed by atoms with van der Waals surface area (Å²) < 4.78 is 0. The van der Waals surface area contributed by atoms with E-state index in [1.54, 1.807) is 4.90 Å². The average molecular weight is 244 g/mol. The Kier molecular flexibility index (Phi) is 5.21. The number of hydrogen-bond donors (Lipinski definition) is 2. The van der Waals surface area contributed by atoms with Gasteiger partial charge in [-0.1, -0.05) is 13.8 Å². The molecule has 2 amide bonds. The summed E-state index contributed by atoms with van der Waals surface area (Å²) in [5.74, 6) is 0.200. The largest absolute Gasteiger partial charge is 0.479 e. The van der Waals surface area contributed by atoms with Crippen molar-refractivity contribution in [3.8, 4) is 0 Å². The van der Waals surface area contributed by atoms with Gasteiger partial charge in [0, 0.05) is 13.1 Å². The van der Waals surface area contributed by atoms with Crippen molar-refractivity contribution in [1.82, 2.24) is 10.4 Å². The highest BCUT2D eigenvalue weighted by Crippen LogP contribution is 2.24. The SMILES string of the molecule is CC(C)C1CCN(C(=O)NOCC(=O)O)CC1. The number of carboxylic acid groups (broad SMARTS) is 1. The number of rotatable bonds is 4. The third-order valence-electron chi connectivity index (χ3n) is 3.12. The van der Waals surface area contributed by atoms with Crippen LogP contribution >= 0.6 is 0 Å². The average Bonchev–Trinajstić information content (AvgIpc) is 2.28. The molecule has 0 aromatic rings. The standard InChI is InChI=1S/C11H20N2O4/c1-8(2)9-3-5-13(6-4-9)11(16)12-17-7-10(14)15/h8-9H,3-7H2,1-2H3,(H,12,16)(H,14,15). The van der Waals surface area contributed by atoms with Gasteiger partial charge in [0.25, 0.3) is 0 Å². The molecule has 0 bridgehead atoms. The van der Waals surface area contributed by atoms with Crippen LogP contribution in [0, 0.1) is 11.8 Å². The molecule has 1 aliphatic heterocycles. The van der Waals surface area contributed by atoms with Crippen LogP contribution in [0.15, 0.2) is 0 Å². The van der Waals surface area contributed by atoms with Crippen LogP contribution in [0.25, 0.3) is 0 Å². The quantitative estimate of drug-likeness (QED) is 0.725. The Morgan fingerprint density at radius 2 is 2.00 bits per heavy atom. The van der Waals surface area contributed by atoms with Gasteiger partial charge >= 0.3 is 12.0 Å². The first kappa shape index (κ1) is 13.8. The van der Waals surface area contributed by atoms with E-state index in [0.29, 0.717) is 24.9 Å². The van der Waals surface area contributed by atoms with E-state index in [1.165, 1.54) is 0 Å². The van der Waals surface area contributed by atoms with Crippen molar-refractivity contribution in [3.63, 3.8) is 0 Å². The van der Waals surface area contributed by atoms with Gasteiger partial charge < -0.3 is 10.0 Å². The van der Waals surface area contributed by atoms with Crippen LogP contribution in [-0.4, -0.2) is 41.7 Å². The third kappa shape index (κ3) is 4.60. The summed E-state index contributed by atoms with van der Waals surface area (Å²) in [4.78, 5) is 27.9. The Balaban J connectivity index is 2.24. The van der Waals surface area contributed by atoms with E-state index in [0.717, 1.165) is 12.8 Å². The number of carboxylic acids is 1. The van der Waals surface area contributed by atoms with Crippen LogP contribution in [0.1, 0.15) is 26.7 Å². The lowest BCUT2D eigenvalue weighted by Crippen LogP contribution is -2.45. The van der Waals surface area contributed by atoms with Crippen LogP contribution < -0.4 is 5.48 Å². The molecule has 0 spiro atoms. The van der Waals surface area contributed by atoms with Gasteiger partial charge in [0.15, 0.2) is 6.61 Å². The van der Waals surface area contributed by atoms with Crippen molar-refractivity contribution in [2.45, 2.75) is 26.7 Å². The summed E-state index contributed by atoms with van der Waals surface area (Å²) in [6.45, 7) is 5.26. The molecule has 1 fully saturated rings. The molecule has 0 atom stereocenters. The maximum Gasteiger partial charge on any atom is 0.341 e. The Hall–Kier alpha value is -1.30. The number of likely N-dealkylation sites (tertiary alicyclic amines) is 1. The van der Waals surface area contributed by atoms with E-state index >= 15 is 0 Å². The molecule has 1 aliphatic rings. The minimum atomic E-state index is -1.11. The molecule has 2 N–H and O–H groups in total. The zero-order valence-corrected chi connectivity index (χ0v) is 10.3. The van der Waals surface area contributed by atoms with Gasteiger partial charge in [-0.05, 0) is 24.7 Å². The number of carbonyl (C=O) groups excluding carboxylic acids is 1. The van der Waals surface area contributed by atoms with Crippen LogP contribution in [0.5, 0.6) is 0 Å². The molecule has 1 saturated heterocycles. The monoisotopic (exact) mass is 244 g/mol. The second kappa shape index (κ2) is 6.44. The fraction of sp³-hybridized carbons (Fsp3) is 0.818. The first-order valence-corrected chi connectivity index (χ1v) is 5.89. The first-order chi connectivity index (χ1) is 8.00. The van der Waals surface area contributed by atoms with Gasteiger partial charge in [-0.15, -0.1) is 0 Å². The number of amides is 2. The van der Waals surface area contributed by atoms with Gasteiger partial charge in [-0.3, -0.25) is 4.84 Å². The Morgan fingerprint density at radius 1 is 1.41 bits per heavy atom. The molecule has 1 rings (SSSR count). The predicted molar refractivity (Wildman–Crippen MR) is 61.3 cm³/mol. The van der Waals surface area contributed by atoms with E-state index in [-0.39, 0.29) is 6.03 Å². The highest BCUT2D eigenvalue weighted by Gasteiger charge is 2.24. The molecule has 0 unspecified atom stereocenters. The second-order valence-corrected chi connectivity index (χ2v) is 4.66. The lowest BCUT2D eigenvalue weighted by Gasteiger charge is -2.33. The van der Waals surface area contributed by atoms with E-state index in [1.807, 2.05) is 0 Å². The molecule has 0 saturated carbocycles. The van der Waals surface area contributed by atoms with Gasteiger partial charge in [0.05, 0.1) is 0 Å². The number of nitrogens with one attached hydrogen (secondary N) is 1. The van der Waals surface area contributed by atoms with Gasteiger partial charge in [-0.25, -0.2) is 15.1 Å². The normalized spacial score (nSPS) is 17.2. The molecular weight excluding hydrogens is 224 g/mol. The van der Waals surface area contributed by atoms with E-state index in [4.69, 9.17) is 5.11 Å². The van der Waals surface area contributed by atoms with Gasteiger partial charge in [0.1, 0.15) is 0 Å². The molecule has 17 heavy (non-hydrogen) atoms. The summed E-state index contributed by atoms with van der Waals surface area (Å²) >= 11 is 0. The zero-order valence-electron chi connectivity index (χ0n) is 10.3. The minimum absolute atomic E-state index is 0.353. The summed E-state index contributed by atoms with van der Waals surface area (Å²) in [6.07, 6.45) is 1.98. The number of carbonyl (C=O) groups is 2. The molecule has 0 aliphatic carbocycles. The van der Waals surface area contributed by atoms with E-state index in [2.05, 4.69) is 24.2 Å².